The first-order valence-electron chi connectivity index (χ1n) is 14.6. The summed E-state index contributed by atoms with van der Waals surface area (Å²) in [5, 5.41) is 0. The van der Waals surface area contributed by atoms with E-state index in [1.165, 1.54) is 0 Å². The van der Waals surface area contributed by atoms with Gasteiger partial charge in [-0.1, -0.05) is 13.2 Å². The van der Waals surface area contributed by atoms with E-state index >= 15 is 0 Å². The van der Waals surface area contributed by atoms with E-state index in [0.717, 1.165) is 12.2 Å². The molecular weight excluding hydrogens is 540 g/mol. The fourth-order valence-electron chi connectivity index (χ4n) is 7.16. The fraction of sp³-hybridized carbons (Fsp3) is 0.688. The molecule has 0 aromatic carbocycles. The van der Waals surface area contributed by atoms with Gasteiger partial charge in [-0.15, -0.1) is 0 Å². The predicted octanol–water partition coefficient (Wildman–Crippen LogP) is 4.83. The lowest BCUT2D eigenvalue weighted by Gasteiger charge is -2.56. The van der Waals surface area contributed by atoms with E-state index in [9.17, 15) is 19.2 Å². The first-order chi connectivity index (χ1) is 19.2. The Labute approximate surface area is 251 Å². The van der Waals surface area contributed by atoms with Crippen molar-refractivity contribution in [2.45, 2.75) is 129 Å². The van der Waals surface area contributed by atoms with E-state index in [1.807, 2.05) is 65.2 Å². The molecule has 10 nitrogen and oxygen atoms in total. The van der Waals surface area contributed by atoms with Crippen LogP contribution in [0.1, 0.15) is 94.9 Å². The van der Waals surface area contributed by atoms with Crippen molar-refractivity contribution >= 4 is 23.9 Å². The molecule has 0 unspecified atom stereocenters. The van der Waals surface area contributed by atoms with Crippen LogP contribution in [0.15, 0.2) is 36.7 Å². The third kappa shape index (κ3) is 8.16. The molecule has 236 valence electrons. The quantitative estimate of drug-likeness (QED) is 0.199. The summed E-state index contributed by atoms with van der Waals surface area (Å²) in [6, 6.07) is 0. The molecular formula is C32H50N2O8. The Morgan fingerprint density at radius 2 is 0.881 bits per heavy atom. The molecule has 2 heterocycles. The summed E-state index contributed by atoms with van der Waals surface area (Å²) in [5.41, 5.74) is -1.67. The van der Waals surface area contributed by atoms with Gasteiger partial charge in [-0.3, -0.25) is 0 Å². The van der Waals surface area contributed by atoms with Gasteiger partial charge in [0.2, 0.25) is 0 Å². The molecule has 0 aromatic rings. The molecule has 0 spiro atoms. The van der Waals surface area contributed by atoms with E-state index < -0.39 is 58.2 Å². The summed E-state index contributed by atoms with van der Waals surface area (Å²) in [5.74, 6) is -2.25. The highest BCUT2D eigenvalue weighted by atomic mass is 16.6. The van der Waals surface area contributed by atoms with E-state index in [4.69, 9.17) is 18.9 Å². The van der Waals surface area contributed by atoms with Gasteiger partial charge in [0.1, 0.15) is 23.6 Å². The van der Waals surface area contributed by atoms with Gasteiger partial charge in [-0.2, -0.15) is 0 Å². The number of likely N-dealkylation sites (tertiary alicyclic amines) is 2. The predicted molar refractivity (Wildman–Crippen MR) is 159 cm³/mol. The maximum absolute atomic E-state index is 12.7. The minimum Gasteiger partial charge on any atom is -0.461 e. The van der Waals surface area contributed by atoms with Crippen LogP contribution < -0.4 is 0 Å². The summed E-state index contributed by atoms with van der Waals surface area (Å²) in [6.07, 6.45) is 3.12. The number of piperidine rings is 2. The van der Waals surface area contributed by atoms with Gasteiger partial charge < -0.3 is 28.7 Å². The molecule has 0 aliphatic carbocycles. The van der Waals surface area contributed by atoms with Gasteiger partial charge in [0.25, 0.3) is 0 Å². The Morgan fingerprint density at radius 1 is 0.619 bits per heavy atom. The van der Waals surface area contributed by atoms with E-state index in [-0.39, 0.29) is 24.6 Å². The van der Waals surface area contributed by atoms with E-state index in [0.29, 0.717) is 25.7 Å². The highest BCUT2D eigenvalue weighted by molar-refractivity contribution is 5.92. The van der Waals surface area contributed by atoms with Crippen molar-refractivity contribution in [1.29, 1.82) is 0 Å². The van der Waals surface area contributed by atoms with Crippen LogP contribution in [0.2, 0.25) is 0 Å². The molecule has 0 N–H and O–H groups in total. The van der Waals surface area contributed by atoms with Gasteiger partial charge in [0, 0.05) is 60.0 Å². The van der Waals surface area contributed by atoms with Gasteiger partial charge in [-0.05, 0) is 69.2 Å². The number of rotatable bonds is 10. The van der Waals surface area contributed by atoms with Crippen LogP contribution in [0.3, 0.4) is 0 Å². The molecule has 10 heteroatoms. The van der Waals surface area contributed by atoms with Crippen molar-refractivity contribution in [1.82, 2.24) is 9.80 Å². The molecule has 0 bridgehead atoms. The monoisotopic (exact) mass is 590 g/mol. The lowest BCUT2D eigenvalue weighted by Crippen LogP contribution is -2.62. The summed E-state index contributed by atoms with van der Waals surface area (Å²) >= 11 is 0. The zero-order valence-electron chi connectivity index (χ0n) is 27.1. The van der Waals surface area contributed by atoms with Crippen LogP contribution in [-0.2, 0) is 38.1 Å². The van der Waals surface area contributed by atoms with Crippen LogP contribution in [0.5, 0.6) is 0 Å². The van der Waals surface area contributed by atoms with Crippen LogP contribution in [0, 0.1) is 0 Å². The summed E-state index contributed by atoms with van der Waals surface area (Å²) in [4.78, 5) is 54.1. The molecule has 2 rings (SSSR count). The second-order valence-electron chi connectivity index (χ2n) is 13.5. The molecule has 0 saturated carbocycles. The zero-order valence-corrected chi connectivity index (χ0v) is 27.1. The Morgan fingerprint density at radius 3 is 1.12 bits per heavy atom. The summed E-state index contributed by atoms with van der Waals surface area (Å²) in [7, 11) is 0. The minimum absolute atomic E-state index is 0.251. The average molecular weight is 591 g/mol. The van der Waals surface area contributed by atoms with Gasteiger partial charge in [0.05, 0.1) is 13.2 Å². The highest BCUT2D eigenvalue weighted by Crippen LogP contribution is 2.43. The molecule has 2 aliphatic rings. The smallest absolute Gasteiger partial charge is 0.353 e. The topological polar surface area (TPSA) is 112 Å². The number of carbonyl (C=O) groups is 4. The minimum atomic E-state index is -0.651. The summed E-state index contributed by atoms with van der Waals surface area (Å²) in [6.45, 7) is 27.6. The van der Waals surface area contributed by atoms with Crippen molar-refractivity contribution in [3.05, 3.63) is 36.7 Å². The molecule has 42 heavy (non-hydrogen) atoms. The Bertz CT molecular complexity index is 996. The van der Waals surface area contributed by atoms with Crippen molar-refractivity contribution < 1.29 is 38.1 Å². The van der Waals surface area contributed by atoms with Crippen molar-refractivity contribution in [2.24, 2.45) is 0 Å². The van der Waals surface area contributed by atoms with Gasteiger partial charge >= 0.3 is 23.9 Å². The van der Waals surface area contributed by atoms with E-state index in [2.05, 4.69) is 13.2 Å². The number of nitrogens with zero attached hydrogens (tertiary/aromatic N) is 2. The third-order valence-electron chi connectivity index (χ3n) is 7.81. The molecule has 0 aromatic heterocycles. The fourth-order valence-corrected chi connectivity index (χ4v) is 7.16. The Hall–Kier alpha value is -3.30. The Kier molecular flexibility index (Phi) is 10.7. The van der Waals surface area contributed by atoms with Gasteiger partial charge in [-0.25, -0.2) is 19.2 Å². The number of esters is 4. The summed E-state index contributed by atoms with van der Waals surface area (Å²) < 4.78 is 21.8. The highest BCUT2D eigenvalue weighted by Gasteiger charge is 2.49. The average Bonchev–Trinajstić information content (AvgIpc) is 2.79. The first-order valence-corrected chi connectivity index (χ1v) is 14.6. The maximum Gasteiger partial charge on any atom is 0.353 e. The molecule has 2 fully saturated rings. The number of hydrogen-bond acceptors (Lipinski definition) is 10. The number of ether oxygens (including phenoxy) is 4. The lowest BCUT2D eigenvalue weighted by molar-refractivity contribution is -0.158. The molecule has 0 radical (unpaired) electrons. The largest absolute Gasteiger partial charge is 0.461 e. The van der Waals surface area contributed by atoms with Crippen LogP contribution in [0.4, 0.5) is 0 Å². The molecule has 0 amide bonds. The first kappa shape index (κ1) is 34.9. The molecule has 0 atom stereocenters. The SMILES string of the molecule is C=C(C(=O)OCC)N1C(C)(C)CC(OC(=O)/C=C/C(=O)OC2CC(C)(C)N(C(=C)C(=O)OCC)C(C)(C)C2)CC1(C)C. The van der Waals surface area contributed by atoms with E-state index in [1.54, 1.807) is 13.8 Å². The van der Waals surface area contributed by atoms with Crippen LogP contribution in [-0.4, -0.2) is 81.3 Å². The Balaban J connectivity index is 2.02. The van der Waals surface area contributed by atoms with Crippen LogP contribution in [0.25, 0.3) is 0 Å². The van der Waals surface area contributed by atoms with Crippen molar-refractivity contribution in [3.8, 4) is 0 Å². The molecule has 2 aliphatic heterocycles. The second-order valence-corrected chi connectivity index (χ2v) is 13.5. The zero-order chi connectivity index (χ0) is 32.3. The number of carbonyl (C=O) groups excluding carboxylic acids is 4. The van der Waals surface area contributed by atoms with Crippen LogP contribution >= 0.6 is 0 Å². The molecule has 2 saturated heterocycles. The van der Waals surface area contributed by atoms with Crippen molar-refractivity contribution in [2.75, 3.05) is 13.2 Å². The maximum atomic E-state index is 12.7. The van der Waals surface area contributed by atoms with Gasteiger partial charge in [0.15, 0.2) is 0 Å². The van der Waals surface area contributed by atoms with Crippen molar-refractivity contribution in [3.63, 3.8) is 0 Å². The third-order valence-corrected chi connectivity index (χ3v) is 7.81. The normalized spacial score (nSPS) is 21.4. The number of hydrogen-bond donors (Lipinski definition) is 0. The second kappa shape index (κ2) is 12.9. The lowest BCUT2D eigenvalue weighted by atomic mass is 9.77. The standard InChI is InChI=1S/C32H50N2O8/c1-13-39-27(37)21(3)33-29(5,6)17-23(18-30(33,7)8)41-25(35)15-16-26(36)42-24-19-31(9,10)34(32(11,12)20-24)22(4)28(38)40-14-2/h15-16,23-24H,3-4,13-14,17-20H2,1-2,5-12H3/b16-15+.